The van der Waals surface area contributed by atoms with Gasteiger partial charge >= 0.3 is 5.57 Å². The minimum atomic E-state index is -3.81. The fraction of sp³-hybridized carbons (Fsp3) is 0.250. The number of hydrogen-bond acceptors (Lipinski definition) is 5. The molecule has 10 heteroatoms. The molecule has 2 aromatic carbocycles. The van der Waals surface area contributed by atoms with E-state index in [4.69, 9.17) is 16.6 Å². The Balaban J connectivity index is 1.50. The average molecular weight is 484 g/mol. The number of ether oxygens (including phenoxy) is 1. The maximum Gasteiger partial charge on any atom is 0.487 e. The summed E-state index contributed by atoms with van der Waals surface area (Å²) in [5.74, 6) is 1.03. The Morgan fingerprint density at radius 3 is 2.74 bits per heavy atom. The van der Waals surface area contributed by atoms with Gasteiger partial charge < -0.3 is 14.6 Å². The molecular formula is C24H20ClF2N5O2. The summed E-state index contributed by atoms with van der Waals surface area (Å²) in [6.07, 6.45) is 3.51. The molecule has 0 spiro atoms. The lowest BCUT2D eigenvalue weighted by Gasteiger charge is -2.21. The van der Waals surface area contributed by atoms with E-state index in [1.54, 1.807) is 24.4 Å². The molecule has 2 aromatic heterocycles. The Morgan fingerprint density at radius 1 is 1.24 bits per heavy atom. The minimum Gasteiger partial charge on any atom is -0.420 e. The summed E-state index contributed by atoms with van der Waals surface area (Å²) in [6, 6.07) is 12.7. The third kappa shape index (κ3) is 4.56. The Kier molecular flexibility index (Phi) is 5.65. The summed E-state index contributed by atoms with van der Waals surface area (Å²) in [5.41, 5.74) is 0.0639. The smallest absolute Gasteiger partial charge is 0.420 e. The third-order valence-electron chi connectivity index (χ3n) is 5.75. The van der Waals surface area contributed by atoms with Crippen LogP contribution in [0.4, 0.5) is 14.5 Å². The number of rotatable bonds is 5. The van der Waals surface area contributed by atoms with Crippen LogP contribution in [0, 0.1) is 5.92 Å². The number of nitrogens with zero attached hydrogens (tertiary/aromatic N) is 4. The Bertz CT molecular complexity index is 1350. The fourth-order valence-electron chi connectivity index (χ4n) is 4.19. The summed E-state index contributed by atoms with van der Waals surface area (Å²) in [4.78, 5) is 17.9. The SMILES string of the molecule is C[C@@H]1CCn2c(nc3cc(C(=O)Nc4ccc(OC(F)(F)Cl)cc4)cc(-c4cccnn4)c32)C1. The van der Waals surface area contributed by atoms with E-state index < -0.39 is 5.57 Å². The van der Waals surface area contributed by atoms with Gasteiger partial charge in [0.25, 0.3) is 5.91 Å². The predicted molar refractivity (Wildman–Crippen MR) is 124 cm³/mol. The highest BCUT2D eigenvalue weighted by Gasteiger charge is 2.27. The second-order valence-corrected chi connectivity index (χ2v) is 8.74. The topological polar surface area (TPSA) is 81.9 Å². The molecule has 34 heavy (non-hydrogen) atoms. The largest absolute Gasteiger partial charge is 0.487 e. The zero-order valence-electron chi connectivity index (χ0n) is 18.1. The minimum absolute atomic E-state index is 0.123. The Labute approximate surface area is 198 Å². The number of carbonyl (C=O) groups excluding carboxylic acids is 1. The van der Waals surface area contributed by atoms with E-state index in [-0.39, 0.29) is 11.7 Å². The second-order valence-electron chi connectivity index (χ2n) is 8.30. The third-order valence-corrected chi connectivity index (χ3v) is 5.83. The van der Waals surface area contributed by atoms with Gasteiger partial charge in [-0.05, 0) is 60.9 Å². The number of benzene rings is 2. The van der Waals surface area contributed by atoms with Gasteiger partial charge in [-0.1, -0.05) is 6.92 Å². The van der Waals surface area contributed by atoms with Crippen molar-refractivity contribution in [2.24, 2.45) is 5.92 Å². The molecule has 0 radical (unpaired) electrons. The molecule has 4 aromatic rings. The van der Waals surface area contributed by atoms with Gasteiger partial charge in [-0.25, -0.2) is 4.98 Å². The molecule has 3 heterocycles. The number of halogens is 3. The van der Waals surface area contributed by atoms with Crippen molar-refractivity contribution in [2.45, 2.75) is 31.9 Å². The molecule has 1 amide bonds. The standard InChI is InChI=1S/C24H20ClF2N5O2/c1-14-8-10-32-21(11-14)30-20-13-15(12-18(22(20)32)19-3-2-9-28-31-19)23(33)29-16-4-6-17(7-5-16)34-24(25,26)27/h2-7,9,12-14H,8,10-11H2,1H3,(H,29,33)/t14-/m1/s1. The monoisotopic (exact) mass is 483 g/mol. The van der Waals surface area contributed by atoms with Crippen molar-refractivity contribution < 1.29 is 18.3 Å². The van der Waals surface area contributed by atoms with Gasteiger partial charge in [-0.2, -0.15) is 10.2 Å². The van der Waals surface area contributed by atoms with Gasteiger partial charge in [0.1, 0.15) is 11.6 Å². The number of aryl methyl sites for hydroxylation is 1. The Morgan fingerprint density at radius 2 is 2.03 bits per heavy atom. The molecule has 1 aliphatic rings. The first-order chi connectivity index (χ1) is 16.3. The molecule has 0 saturated carbocycles. The van der Waals surface area contributed by atoms with Crippen molar-refractivity contribution in [1.82, 2.24) is 19.7 Å². The van der Waals surface area contributed by atoms with Gasteiger partial charge in [0.05, 0.1) is 16.7 Å². The molecule has 0 unspecified atom stereocenters. The van der Waals surface area contributed by atoms with Crippen LogP contribution in [0.15, 0.2) is 54.7 Å². The van der Waals surface area contributed by atoms with Gasteiger partial charge in [-0.15, -0.1) is 8.78 Å². The lowest BCUT2D eigenvalue weighted by atomic mass is 10.00. The van der Waals surface area contributed by atoms with Crippen molar-refractivity contribution in [3.63, 3.8) is 0 Å². The number of hydrogen-bond donors (Lipinski definition) is 1. The summed E-state index contributed by atoms with van der Waals surface area (Å²) in [6.45, 7) is 3.05. The fourth-order valence-corrected chi connectivity index (χ4v) is 4.28. The first kappa shape index (κ1) is 22.2. The second kappa shape index (κ2) is 8.64. The van der Waals surface area contributed by atoms with E-state index in [0.29, 0.717) is 28.4 Å². The zero-order chi connectivity index (χ0) is 23.9. The molecule has 0 bridgehead atoms. The number of amides is 1. The lowest BCUT2D eigenvalue weighted by Crippen LogP contribution is -2.17. The summed E-state index contributed by atoms with van der Waals surface area (Å²) in [5, 5.41) is 11.0. The maximum atomic E-state index is 13.1. The number of aromatic nitrogens is 4. The quantitative estimate of drug-likeness (QED) is 0.379. The van der Waals surface area contributed by atoms with Crippen molar-refractivity contribution in [1.29, 1.82) is 0 Å². The van der Waals surface area contributed by atoms with Crippen LogP contribution in [0.5, 0.6) is 5.75 Å². The van der Waals surface area contributed by atoms with Crippen molar-refractivity contribution in [3.8, 4) is 17.0 Å². The van der Waals surface area contributed by atoms with Crippen molar-refractivity contribution >= 4 is 34.2 Å². The highest BCUT2D eigenvalue weighted by atomic mass is 35.5. The molecule has 1 aliphatic heterocycles. The lowest BCUT2D eigenvalue weighted by molar-refractivity contribution is -0.0964. The van der Waals surface area contributed by atoms with Crippen molar-refractivity contribution in [2.75, 3.05) is 5.32 Å². The van der Waals surface area contributed by atoms with Gasteiger partial charge in [0.15, 0.2) is 0 Å². The first-order valence-corrected chi connectivity index (χ1v) is 11.1. The van der Waals surface area contributed by atoms with E-state index in [9.17, 15) is 13.6 Å². The van der Waals surface area contributed by atoms with Crippen LogP contribution in [-0.4, -0.2) is 31.2 Å². The molecular weight excluding hydrogens is 464 g/mol. The molecule has 174 valence electrons. The van der Waals surface area contributed by atoms with E-state index in [1.807, 2.05) is 6.07 Å². The molecule has 1 N–H and O–H groups in total. The molecule has 0 fully saturated rings. The van der Waals surface area contributed by atoms with E-state index in [2.05, 4.69) is 31.7 Å². The number of fused-ring (bicyclic) bond motifs is 3. The van der Waals surface area contributed by atoms with Crippen molar-refractivity contribution in [3.05, 3.63) is 66.1 Å². The van der Waals surface area contributed by atoms with Crippen LogP contribution >= 0.6 is 11.6 Å². The van der Waals surface area contributed by atoms with E-state index in [0.717, 1.165) is 36.3 Å². The number of nitrogens with one attached hydrogen (secondary N) is 1. The highest BCUT2D eigenvalue weighted by Crippen LogP contribution is 2.33. The molecule has 1 atom stereocenters. The zero-order valence-corrected chi connectivity index (χ0v) is 18.9. The molecule has 0 saturated heterocycles. The normalized spacial score (nSPS) is 15.7. The summed E-state index contributed by atoms with van der Waals surface area (Å²) in [7, 11) is 0. The van der Waals surface area contributed by atoms with Crippen LogP contribution in [0.3, 0.4) is 0 Å². The van der Waals surface area contributed by atoms with Gasteiger partial charge in [0, 0.05) is 47.6 Å². The number of carbonyl (C=O) groups is 1. The molecule has 5 rings (SSSR count). The van der Waals surface area contributed by atoms with Crippen LogP contribution in [-0.2, 0) is 13.0 Å². The number of anilines is 1. The van der Waals surface area contributed by atoms with Crippen LogP contribution in [0.25, 0.3) is 22.3 Å². The first-order valence-electron chi connectivity index (χ1n) is 10.8. The predicted octanol–water partition coefficient (Wildman–Crippen LogP) is 5.50. The van der Waals surface area contributed by atoms with E-state index in [1.165, 1.54) is 24.3 Å². The Hall–Kier alpha value is -3.59. The summed E-state index contributed by atoms with van der Waals surface area (Å²) >= 11 is 4.79. The molecule has 0 aliphatic carbocycles. The van der Waals surface area contributed by atoms with Gasteiger partial charge in [-0.3, -0.25) is 4.79 Å². The number of imidazole rings is 1. The van der Waals surface area contributed by atoms with E-state index >= 15 is 0 Å². The molecule has 7 nitrogen and oxygen atoms in total. The average Bonchev–Trinajstić information content (AvgIpc) is 3.16. The highest BCUT2D eigenvalue weighted by molar-refractivity contribution is 6.20. The number of alkyl halides is 3. The van der Waals surface area contributed by atoms with Crippen LogP contribution < -0.4 is 10.1 Å². The summed E-state index contributed by atoms with van der Waals surface area (Å²) < 4.78 is 32.1. The van der Waals surface area contributed by atoms with Crippen LogP contribution in [0.1, 0.15) is 29.5 Å². The maximum absolute atomic E-state index is 13.1. The van der Waals surface area contributed by atoms with Gasteiger partial charge in [0.2, 0.25) is 0 Å². The van der Waals surface area contributed by atoms with Crippen LogP contribution in [0.2, 0.25) is 0 Å².